The number of carbonyl (C=O) groups excluding carboxylic acids is 1. The zero-order valence-corrected chi connectivity index (χ0v) is 21.7. The van der Waals surface area contributed by atoms with Gasteiger partial charge in [-0.25, -0.2) is 4.98 Å². The highest BCUT2D eigenvalue weighted by Gasteiger charge is 2.25. The third-order valence-electron chi connectivity index (χ3n) is 6.05. The van der Waals surface area contributed by atoms with Crippen molar-refractivity contribution in [2.24, 2.45) is 0 Å². The minimum Gasteiger partial charge on any atom is -0.499 e. The molecule has 1 aromatic carbocycles. The van der Waals surface area contributed by atoms with Crippen molar-refractivity contribution in [1.82, 2.24) is 20.3 Å². The quantitative estimate of drug-likeness (QED) is 0.295. The summed E-state index contributed by atoms with van der Waals surface area (Å²) in [7, 11) is 0. The van der Waals surface area contributed by atoms with Crippen LogP contribution in [0.25, 0.3) is 0 Å². The Balaban J connectivity index is 1.48. The van der Waals surface area contributed by atoms with Gasteiger partial charge in [-0.1, -0.05) is 36.9 Å². The molecule has 9 nitrogen and oxygen atoms in total. The van der Waals surface area contributed by atoms with E-state index in [0.717, 1.165) is 36.9 Å². The highest BCUT2D eigenvalue weighted by Crippen LogP contribution is 2.27. The Labute approximate surface area is 226 Å². The maximum absolute atomic E-state index is 13.2. The van der Waals surface area contributed by atoms with Gasteiger partial charge in [0.2, 0.25) is 0 Å². The van der Waals surface area contributed by atoms with E-state index in [2.05, 4.69) is 38.7 Å². The molecule has 0 aliphatic heterocycles. The monoisotopic (exact) mass is 535 g/mol. The average Bonchev–Trinajstić information content (AvgIpc) is 2.94. The molecule has 1 aliphatic carbocycles. The van der Waals surface area contributed by atoms with Gasteiger partial charge in [0.15, 0.2) is 0 Å². The first-order valence-corrected chi connectivity index (χ1v) is 12.7. The molecule has 10 heteroatoms. The van der Waals surface area contributed by atoms with E-state index in [0.29, 0.717) is 28.7 Å². The Hall–Kier alpha value is -4.11. The molecule has 1 saturated carbocycles. The number of pyridine rings is 1. The standard InChI is InChI=1S/C28H30ClN5O4/c1-3-36-22-11-9-20(10-12-22)33-27(35)23-17-32-28(38-18-21-7-5-6-14-30-21)34-26(23)31-16-19-8-13-25(37-4-2)24(29)15-19/h3-8,13-15,17,20,22H,1-2,9-12,16,18H2,(H,33,35)(H,31,32,34). The van der Waals surface area contributed by atoms with Crippen LogP contribution in [0.15, 0.2) is 74.5 Å². The molecular weight excluding hydrogens is 506 g/mol. The highest BCUT2D eigenvalue weighted by molar-refractivity contribution is 6.32. The average molecular weight is 536 g/mol. The lowest BCUT2D eigenvalue weighted by Gasteiger charge is -2.28. The first-order valence-electron chi connectivity index (χ1n) is 12.3. The van der Waals surface area contributed by atoms with Crippen molar-refractivity contribution < 1.29 is 19.0 Å². The van der Waals surface area contributed by atoms with Gasteiger partial charge in [-0.05, 0) is 55.5 Å². The summed E-state index contributed by atoms with van der Waals surface area (Å²) in [6, 6.07) is 11.1. The topological polar surface area (TPSA) is 107 Å². The number of halogens is 1. The SMILES string of the molecule is C=COc1ccc(CNc2nc(OCc3ccccn3)ncc2C(=O)NC2CCC(OC=C)CC2)cc1Cl. The molecule has 38 heavy (non-hydrogen) atoms. The Kier molecular flexibility index (Phi) is 9.53. The molecule has 2 N–H and O–H groups in total. The molecular formula is C28H30ClN5O4. The summed E-state index contributed by atoms with van der Waals surface area (Å²) in [5, 5.41) is 6.78. The first kappa shape index (κ1) is 26.9. The number of ether oxygens (including phenoxy) is 3. The maximum Gasteiger partial charge on any atom is 0.318 e. The van der Waals surface area contributed by atoms with Gasteiger partial charge in [-0.2, -0.15) is 4.98 Å². The smallest absolute Gasteiger partial charge is 0.318 e. The van der Waals surface area contributed by atoms with Crippen LogP contribution in [-0.4, -0.2) is 33.0 Å². The van der Waals surface area contributed by atoms with Gasteiger partial charge in [-0.15, -0.1) is 0 Å². The van der Waals surface area contributed by atoms with E-state index < -0.39 is 0 Å². The van der Waals surface area contributed by atoms with Crippen LogP contribution in [0, 0.1) is 0 Å². The molecule has 1 amide bonds. The highest BCUT2D eigenvalue weighted by atomic mass is 35.5. The van der Waals surface area contributed by atoms with Gasteiger partial charge in [0.1, 0.15) is 23.7 Å². The van der Waals surface area contributed by atoms with E-state index in [1.165, 1.54) is 18.7 Å². The number of nitrogens with zero attached hydrogens (tertiary/aromatic N) is 3. The Morgan fingerprint density at radius 1 is 1.11 bits per heavy atom. The molecule has 0 unspecified atom stereocenters. The molecule has 0 spiro atoms. The molecule has 198 valence electrons. The van der Waals surface area contributed by atoms with Crippen LogP contribution in [0.3, 0.4) is 0 Å². The number of anilines is 1. The van der Waals surface area contributed by atoms with E-state index in [9.17, 15) is 4.79 Å². The van der Waals surface area contributed by atoms with E-state index in [1.807, 2.05) is 24.3 Å². The Morgan fingerprint density at radius 3 is 2.66 bits per heavy atom. The van der Waals surface area contributed by atoms with Gasteiger partial charge >= 0.3 is 6.01 Å². The van der Waals surface area contributed by atoms with E-state index in [1.54, 1.807) is 18.3 Å². The van der Waals surface area contributed by atoms with Gasteiger partial charge in [0, 0.05) is 25.0 Å². The van der Waals surface area contributed by atoms with Crippen LogP contribution in [0.5, 0.6) is 11.8 Å². The fourth-order valence-electron chi connectivity index (χ4n) is 4.13. The second-order valence-corrected chi connectivity index (χ2v) is 9.08. The lowest BCUT2D eigenvalue weighted by atomic mass is 9.93. The normalized spacial score (nSPS) is 16.7. The number of hydrogen-bond donors (Lipinski definition) is 2. The number of benzene rings is 1. The molecule has 0 atom stereocenters. The van der Waals surface area contributed by atoms with Crippen LogP contribution in [0.1, 0.15) is 47.3 Å². The zero-order chi connectivity index (χ0) is 26.7. The Bertz CT molecular complexity index is 1250. The second kappa shape index (κ2) is 13.4. The van der Waals surface area contributed by atoms with Crippen LogP contribution < -0.4 is 20.1 Å². The van der Waals surface area contributed by atoms with Crippen molar-refractivity contribution in [3.63, 3.8) is 0 Å². The number of carbonyl (C=O) groups is 1. The molecule has 1 fully saturated rings. The third-order valence-corrected chi connectivity index (χ3v) is 6.35. The summed E-state index contributed by atoms with van der Waals surface area (Å²) >= 11 is 6.30. The van der Waals surface area contributed by atoms with Crippen molar-refractivity contribution >= 4 is 23.3 Å². The van der Waals surface area contributed by atoms with Crippen LogP contribution >= 0.6 is 11.6 Å². The van der Waals surface area contributed by atoms with Crippen molar-refractivity contribution in [3.05, 3.63) is 96.3 Å². The fraction of sp³-hybridized carbons (Fsp3) is 0.286. The van der Waals surface area contributed by atoms with E-state index in [4.69, 9.17) is 25.8 Å². The lowest BCUT2D eigenvalue weighted by Crippen LogP contribution is -2.39. The molecule has 1 aliphatic rings. The lowest BCUT2D eigenvalue weighted by molar-refractivity contribution is 0.0817. The molecule has 2 heterocycles. The molecule has 2 aromatic heterocycles. The summed E-state index contributed by atoms with van der Waals surface area (Å²) in [5.41, 5.74) is 1.92. The minimum absolute atomic E-state index is 0.0382. The van der Waals surface area contributed by atoms with Crippen molar-refractivity contribution in [3.8, 4) is 11.8 Å². The molecule has 0 radical (unpaired) electrons. The van der Waals surface area contributed by atoms with Gasteiger partial charge in [-0.3, -0.25) is 9.78 Å². The molecule has 0 bridgehead atoms. The number of nitrogens with one attached hydrogen (secondary N) is 2. The fourth-order valence-corrected chi connectivity index (χ4v) is 4.37. The summed E-state index contributed by atoms with van der Waals surface area (Å²) < 4.78 is 16.5. The largest absolute Gasteiger partial charge is 0.499 e. The molecule has 0 saturated heterocycles. The van der Waals surface area contributed by atoms with Gasteiger partial charge < -0.3 is 24.8 Å². The predicted molar refractivity (Wildman–Crippen MR) is 145 cm³/mol. The number of amides is 1. The van der Waals surface area contributed by atoms with Gasteiger partial charge in [0.05, 0.1) is 29.3 Å². The van der Waals surface area contributed by atoms with Gasteiger partial charge in [0.25, 0.3) is 5.91 Å². The molecule has 4 rings (SSSR count). The maximum atomic E-state index is 13.2. The Morgan fingerprint density at radius 2 is 1.95 bits per heavy atom. The van der Waals surface area contributed by atoms with E-state index in [-0.39, 0.29) is 30.7 Å². The van der Waals surface area contributed by atoms with Crippen LogP contribution in [-0.2, 0) is 17.9 Å². The summed E-state index contributed by atoms with van der Waals surface area (Å²) in [4.78, 5) is 26.2. The van der Waals surface area contributed by atoms with Crippen LogP contribution in [0.4, 0.5) is 5.82 Å². The zero-order valence-electron chi connectivity index (χ0n) is 20.9. The number of aromatic nitrogens is 3. The third kappa shape index (κ3) is 7.45. The van der Waals surface area contributed by atoms with Crippen molar-refractivity contribution in [2.45, 2.75) is 51.0 Å². The summed E-state index contributed by atoms with van der Waals surface area (Å²) in [6.45, 7) is 7.72. The van der Waals surface area contributed by atoms with E-state index >= 15 is 0 Å². The summed E-state index contributed by atoms with van der Waals surface area (Å²) in [6.07, 6.45) is 9.43. The minimum atomic E-state index is -0.260. The van der Waals surface area contributed by atoms with Crippen molar-refractivity contribution in [1.29, 1.82) is 0 Å². The first-order chi connectivity index (χ1) is 18.6. The molecule has 3 aromatic rings. The van der Waals surface area contributed by atoms with Crippen molar-refractivity contribution in [2.75, 3.05) is 5.32 Å². The number of hydrogen-bond acceptors (Lipinski definition) is 8. The van der Waals surface area contributed by atoms with Crippen LogP contribution in [0.2, 0.25) is 5.02 Å². The summed E-state index contributed by atoms with van der Waals surface area (Å²) in [5.74, 6) is 0.593. The second-order valence-electron chi connectivity index (χ2n) is 8.68. The number of rotatable bonds is 12. The predicted octanol–water partition coefficient (Wildman–Crippen LogP) is 5.44.